The zero-order valence-corrected chi connectivity index (χ0v) is 22.6. The van der Waals surface area contributed by atoms with Crippen LogP contribution in [0.2, 0.25) is 0 Å². The molecule has 198 valence electrons. The number of aromatic nitrogens is 2. The second kappa shape index (κ2) is 11.8. The van der Waals surface area contributed by atoms with E-state index in [2.05, 4.69) is 34.3 Å². The van der Waals surface area contributed by atoms with E-state index in [0.29, 0.717) is 29.9 Å². The molecular weight excluding hydrogens is 482 g/mol. The van der Waals surface area contributed by atoms with Crippen molar-refractivity contribution in [1.82, 2.24) is 14.9 Å². The highest BCUT2D eigenvalue weighted by atomic mass is 32.1. The average molecular weight is 522 g/mol. The molecule has 1 amide bonds. The molecule has 0 spiro atoms. The van der Waals surface area contributed by atoms with Crippen molar-refractivity contribution in [3.05, 3.63) is 52.0 Å². The minimum absolute atomic E-state index is 0.330. The van der Waals surface area contributed by atoms with Crippen LogP contribution in [-0.2, 0) is 11.2 Å². The highest BCUT2D eigenvalue weighted by Gasteiger charge is 2.28. The third-order valence-electron chi connectivity index (χ3n) is 8.48. The van der Waals surface area contributed by atoms with Gasteiger partial charge in [0.15, 0.2) is 0 Å². The molecule has 1 aromatic carbocycles. The number of nitrogens with one attached hydrogen (secondary N) is 1. The Morgan fingerprint density at radius 3 is 2.54 bits per heavy atom. The first-order chi connectivity index (χ1) is 18.0. The molecule has 2 fully saturated rings. The first-order valence-electron chi connectivity index (χ1n) is 14.1. The molecule has 2 saturated carbocycles. The summed E-state index contributed by atoms with van der Waals surface area (Å²) in [6, 6.07) is 9.47. The van der Waals surface area contributed by atoms with E-state index in [1.165, 1.54) is 37.0 Å². The van der Waals surface area contributed by atoms with E-state index < -0.39 is 12.0 Å². The Morgan fingerprint density at radius 2 is 1.84 bits per heavy atom. The largest absolute Gasteiger partial charge is 0.480 e. The summed E-state index contributed by atoms with van der Waals surface area (Å²) in [5, 5.41) is 14.8. The van der Waals surface area contributed by atoms with Crippen LogP contribution in [0.5, 0.6) is 0 Å². The predicted molar refractivity (Wildman–Crippen MR) is 148 cm³/mol. The number of amides is 1. The van der Waals surface area contributed by atoms with Gasteiger partial charge in [0.2, 0.25) is 0 Å². The summed E-state index contributed by atoms with van der Waals surface area (Å²) in [6.45, 7) is 2.34. The molecule has 2 aliphatic carbocycles. The molecule has 7 heteroatoms. The normalized spacial score (nSPS) is 22.0. The molecule has 6 nitrogen and oxygen atoms in total. The zero-order valence-electron chi connectivity index (χ0n) is 21.8. The number of carbonyl (C=O) groups is 2. The molecule has 5 rings (SSSR count). The number of rotatable bonds is 8. The third kappa shape index (κ3) is 6.08. The topological polar surface area (TPSA) is 84.2 Å². The van der Waals surface area contributed by atoms with Gasteiger partial charge in [0, 0.05) is 22.9 Å². The molecule has 0 aliphatic heterocycles. The van der Waals surface area contributed by atoms with Gasteiger partial charge in [-0.25, -0.2) is 9.78 Å². The number of thiophene rings is 1. The summed E-state index contributed by atoms with van der Waals surface area (Å²) in [7, 11) is 0. The van der Waals surface area contributed by atoms with Gasteiger partial charge >= 0.3 is 5.97 Å². The van der Waals surface area contributed by atoms with Crippen LogP contribution < -0.4 is 5.32 Å². The van der Waals surface area contributed by atoms with E-state index in [1.54, 1.807) is 11.3 Å². The number of nitrogens with zero attached hydrogens (tertiary/aromatic N) is 2. The molecule has 3 atom stereocenters. The Kier molecular flexibility index (Phi) is 8.28. The summed E-state index contributed by atoms with van der Waals surface area (Å²) in [6.07, 6.45) is 13.0. The number of carbonyl (C=O) groups excluding carboxylic acids is 1. The van der Waals surface area contributed by atoms with Crippen molar-refractivity contribution in [1.29, 1.82) is 0 Å². The lowest BCUT2D eigenvalue weighted by molar-refractivity contribution is -0.139. The highest BCUT2D eigenvalue weighted by molar-refractivity contribution is 7.09. The number of carboxylic acid groups (broad SMARTS) is 1. The molecular formula is C30H39N3O3S. The SMILES string of the molecule is C[C@@H]1CCCC[C@H]1n1c(Cc2cccs2)nc2cc(C(=O)NC(CC3CCCCCC3)C(=O)O)ccc21. The van der Waals surface area contributed by atoms with Gasteiger partial charge in [-0.05, 0) is 60.7 Å². The number of fused-ring (bicyclic) bond motifs is 1. The first-order valence-corrected chi connectivity index (χ1v) is 14.9. The van der Waals surface area contributed by atoms with Crippen LogP contribution in [0, 0.1) is 11.8 Å². The molecule has 2 N–H and O–H groups in total. The summed E-state index contributed by atoms with van der Waals surface area (Å²) < 4.78 is 2.42. The lowest BCUT2D eigenvalue weighted by Crippen LogP contribution is -2.42. The van der Waals surface area contributed by atoms with Gasteiger partial charge in [-0.3, -0.25) is 4.79 Å². The smallest absolute Gasteiger partial charge is 0.326 e. The summed E-state index contributed by atoms with van der Waals surface area (Å²) in [4.78, 5) is 31.5. The molecule has 37 heavy (non-hydrogen) atoms. The van der Waals surface area contributed by atoms with Gasteiger partial charge in [-0.2, -0.15) is 0 Å². The molecule has 0 radical (unpaired) electrons. The van der Waals surface area contributed by atoms with Crippen LogP contribution >= 0.6 is 11.3 Å². The monoisotopic (exact) mass is 521 g/mol. The third-order valence-corrected chi connectivity index (χ3v) is 9.36. The first kappa shape index (κ1) is 26.0. The Labute approximate surface area is 223 Å². The van der Waals surface area contributed by atoms with E-state index in [1.807, 2.05) is 18.2 Å². The van der Waals surface area contributed by atoms with Gasteiger partial charge in [0.05, 0.1) is 11.0 Å². The number of carboxylic acids is 1. The molecule has 2 heterocycles. The van der Waals surface area contributed by atoms with Gasteiger partial charge in [0.25, 0.3) is 5.91 Å². The van der Waals surface area contributed by atoms with Crippen molar-refractivity contribution in [2.45, 2.75) is 96.1 Å². The van der Waals surface area contributed by atoms with Crippen LogP contribution in [0.4, 0.5) is 0 Å². The van der Waals surface area contributed by atoms with Crippen molar-refractivity contribution in [3.8, 4) is 0 Å². The van der Waals surface area contributed by atoms with Gasteiger partial charge in [-0.1, -0.05) is 64.4 Å². The van der Waals surface area contributed by atoms with Gasteiger partial charge in [0.1, 0.15) is 11.9 Å². The number of benzene rings is 1. The predicted octanol–water partition coefficient (Wildman–Crippen LogP) is 6.98. The minimum Gasteiger partial charge on any atom is -0.480 e. The van der Waals surface area contributed by atoms with Crippen LogP contribution in [0.1, 0.15) is 105 Å². The molecule has 2 aromatic heterocycles. The lowest BCUT2D eigenvalue weighted by atomic mass is 9.85. The summed E-state index contributed by atoms with van der Waals surface area (Å²) >= 11 is 1.74. The van der Waals surface area contributed by atoms with E-state index in [-0.39, 0.29) is 5.91 Å². The maximum absolute atomic E-state index is 13.2. The second-order valence-electron chi connectivity index (χ2n) is 11.1. The van der Waals surface area contributed by atoms with E-state index in [9.17, 15) is 14.7 Å². The molecule has 2 aliphatic rings. The molecule has 0 bridgehead atoms. The average Bonchev–Trinajstić information content (AvgIpc) is 3.44. The Hall–Kier alpha value is -2.67. The van der Waals surface area contributed by atoms with E-state index in [4.69, 9.17) is 4.98 Å². The summed E-state index contributed by atoms with van der Waals surface area (Å²) in [5.41, 5.74) is 2.35. The number of hydrogen-bond donors (Lipinski definition) is 2. The Morgan fingerprint density at radius 1 is 1.08 bits per heavy atom. The molecule has 3 aromatic rings. The van der Waals surface area contributed by atoms with Crippen molar-refractivity contribution < 1.29 is 14.7 Å². The van der Waals surface area contributed by atoms with Crippen LogP contribution in [0.3, 0.4) is 0 Å². The quantitative estimate of drug-likeness (QED) is 0.313. The number of aliphatic carboxylic acids is 1. The maximum atomic E-state index is 13.2. The fourth-order valence-electron chi connectivity index (χ4n) is 6.43. The Balaban J connectivity index is 1.40. The minimum atomic E-state index is -0.951. The zero-order chi connectivity index (χ0) is 25.8. The second-order valence-corrected chi connectivity index (χ2v) is 12.2. The van der Waals surface area contributed by atoms with Gasteiger partial charge in [-0.15, -0.1) is 11.3 Å². The Bertz CT molecular complexity index is 1210. The number of imidazole rings is 1. The standard InChI is InChI=1S/C30H39N3O3S/c1-20-9-6-7-13-26(20)33-27-15-14-22(18-24(27)31-28(33)19-23-12-8-16-37-23)29(34)32-25(30(35)36)17-21-10-4-2-3-5-11-21/h8,12,14-16,18,20-21,25-26H,2-7,9-11,13,17,19H2,1H3,(H,32,34)(H,35,36)/t20-,25?,26-/m1/s1. The number of hydrogen-bond acceptors (Lipinski definition) is 4. The van der Waals surface area contributed by atoms with Crippen LogP contribution in [-0.4, -0.2) is 32.6 Å². The fraction of sp³-hybridized carbons (Fsp3) is 0.567. The molecule has 0 saturated heterocycles. The van der Waals surface area contributed by atoms with E-state index in [0.717, 1.165) is 55.4 Å². The van der Waals surface area contributed by atoms with Gasteiger partial charge < -0.3 is 15.0 Å². The van der Waals surface area contributed by atoms with Crippen molar-refractivity contribution >= 4 is 34.2 Å². The molecule has 1 unspecified atom stereocenters. The van der Waals surface area contributed by atoms with Crippen molar-refractivity contribution in [2.24, 2.45) is 11.8 Å². The lowest BCUT2D eigenvalue weighted by Gasteiger charge is -2.31. The summed E-state index contributed by atoms with van der Waals surface area (Å²) in [5.74, 6) is 0.706. The maximum Gasteiger partial charge on any atom is 0.326 e. The highest BCUT2D eigenvalue weighted by Crippen LogP contribution is 2.37. The van der Waals surface area contributed by atoms with Crippen LogP contribution in [0.15, 0.2) is 35.7 Å². The van der Waals surface area contributed by atoms with Crippen molar-refractivity contribution in [3.63, 3.8) is 0 Å². The fourth-order valence-corrected chi connectivity index (χ4v) is 7.13. The van der Waals surface area contributed by atoms with E-state index >= 15 is 0 Å². The van der Waals surface area contributed by atoms with Crippen molar-refractivity contribution in [2.75, 3.05) is 0 Å². The van der Waals surface area contributed by atoms with Crippen LogP contribution in [0.25, 0.3) is 11.0 Å².